The van der Waals surface area contributed by atoms with Crippen molar-refractivity contribution >= 4 is 11.0 Å². The average molecular weight is 227 g/mol. The zero-order valence-electron chi connectivity index (χ0n) is 8.89. The first-order chi connectivity index (χ1) is 8.16. The molecule has 0 spiro atoms. The van der Waals surface area contributed by atoms with Crippen molar-refractivity contribution in [2.24, 2.45) is 7.05 Å². The zero-order chi connectivity index (χ0) is 12.0. The molecule has 2 heterocycles. The van der Waals surface area contributed by atoms with Gasteiger partial charge in [-0.25, -0.2) is 9.78 Å². The van der Waals surface area contributed by atoms with Gasteiger partial charge >= 0.3 is 5.69 Å². The Labute approximate surface area is 94.9 Å². The van der Waals surface area contributed by atoms with Gasteiger partial charge in [-0.3, -0.25) is 9.78 Å². The van der Waals surface area contributed by atoms with Crippen molar-refractivity contribution in [1.29, 1.82) is 0 Å². The Bertz CT molecular complexity index is 803. The number of hydrogen-bond donors (Lipinski definition) is 1. The van der Waals surface area contributed by atoms with E-state index in [2.05, 4.69) is 21.0 Å². The Morgan fingerprint density at radius 2 is 2.18 bits per heavy atom. The van der Waals surface area contributed by atoms with Gasteiger partial charge in [-0.2, -0.15) is 4.98 Å². The highest BCUT2D eigenvalue weighted by atomic mass is 16.2. The molecule has 0 saturated heterocycles. The third-order valence-electron chi connectivity index (χ3n) is 2.59. The summed E-state index contributed by atoms with van der Waals surface area (Å²) in [5.41, 5.74) is 0.379. The molecule has 0 atom stereocenters. The van der Waals surface area contributed by atoms with Crippen molar-refractivity contribution in [3.63, 3.8) is 0 Å². The van der Waals surface area contributed by atoms with Gasteiger partial charge in [0.05, 0.1) is 11.0 Å². The number of H-pyrrole nitrogens is 1. The highest BCUT2D eigenvalue weighted by molar-refractivity contribution is 5.78. The molecule has 1 radical (unpaired) electrons. The summed E-state index contributed by atoms with van der Waals surface area (Å²) in [6.45, 7) is 0. The van der Waals surface area contributed by atoms with Crippen LogP contribution in [0.2, 0.25) is 0 Å². The third-order valence-corrected chi connectivity index (χ3v) is 2.59. The van der Waals surface area contributed by atoms with Crippen LogP contribution in [0, 0.1) is 6.07 Å². The molecule has 17 heavy (non-hydrogen) atoms. The molecule has 0 amide bonds. The van der Waals surface area contributed by atoms with Crippen LogP contribution < -0.4 is 11.2 Å². The van der Waals surface area contributed by atoms with Crippen LogP contribution in [0.5, 0.6) is 0 Å². The minimum Gasteiger partial charge on any atom is -0.325 e. The quantitative estimate of drug-likeness (QED) is 0.545. The standard InChI is InChI=1S/C11H7N4O2/c1-15-7-5-3-2-4-6(7)12-8-9(15)13-11(17)14-10(8)16/h3-5H,1H3,(H,14,16,17). The fourth-order valence-corrected chi connectivity index (χ4v) is 1.79. The van der Waals surface area contributed by atoms with Gasteiger partial charge in [0.1, 0.15) is 0 Å². The number of aromatic nitrogens is 4. The topological polar surface area (TPSA) is 80.6 Å². The van der Waals surface area contributed by atoms with E-state index in [0.717, 1.165) is 5.52 Å². The molecule has 0 bridgehead atoms. The largest absolute Gasteiger partial charge is 0.349 e. The fourth-order valence-electron chi connectivity index (χ4n) is 1.79. The van der Waals surface area contributed by atoms with Gasteiger partial charge in [-0.05, 0) is 18.2 Å². The molecule has 83 valence electrons. The van der Waals surface area contributed by atoms with Gasteiger partial charge in [0.15, 0.2) is 11.5 Å². The smallest absolute Gasteiger partial charge is 0.325 e. The van der Waals surface area contributed by atoms with Crippen LogP contribution in [0.1, 0.15) is 0 Å². The summed E-state index contributed by atoms with van der Waals surface area (Å²) in [7, 11) is 1.73. The van der Waals surface area contributed by atoms with E-state index in [1.807, 2.05) is 0 Å². The van der Waals surface area contributed by atoms with Gasteiger partial charge in [0.25, 0.3) is 5.56 Å². The number of nitrogens with one attached hydrogen (secondary N) is 1. The summed E-state index contributed by atoms with van der Waals surface area (Å²) >= 11 is 0. The van der Waals surface area contributed by atoms with Crippen LogP contribution >= 0.6 is 0 Å². The second-order valence-corrected chi connectivity index (χ2v) is 3.63. The van der Waals surface area contributed by atoms with E-state index in [9.17, 15) is 9.59 Å². The first-order valence-electron chi connectivity index (χ1n) is 4.94. The van der Waals surface area contributed by atoms with Crippen LogP contribution in [0.25, 0.3) is 22.6 Å². The number of rotatable bonds is 0. The summed E-state index contributed by atoms with van der Waals surface area (Å²) in [6.07, 6.45) is 0. The molecule has 0 aromatic heterocycles. The van der Waals surface area contributed by atoms with Crippen LogP contribution in [0.3, 0.4) is 0 Å². The highest BCUT2D eigenvalue weighted by Crippen LogP contribution is 2.17. The summed E-state index contributed by atoms with van der Waals surface area (Å²) in [6, 6.07) is 8.11. The summed E-state index contributed by atoms with van der Waals surface area (Å²) in [5, 5.41) is 0. The van der Waals surface area contributed by atoms with Crippen molar-refractivity contribution < 1.29 is 0 Å². The highest BCUT2D eigenvalue weighted by Gasteiger charge is 2.15. The second kappa shape index (κ2) is 3.24. The first-order valence-corrected chi connectivity index (χ1v) is 4.94. The molecule has 3 rings (SSSR count). The number of aromatic amines is 1. The normalized spacial score (nSPS) is 11.1. The van der Waals surface area contributed by atoms with Crippen molar-refractivity contribution in [3.8, 4) is 11.5 Å². The molecule has 6 heteroatoms. The van der Waals surface area contributed by atoms with Gasteiger partial charge in [-0.15, -0.1) is 0 Å². The van der Waals surface area contributed by atoms with Gasteiger partial charge in [-0.1, -0.05) is 6.07 Å². The molecule has 1 aromatic carbocycles. The molecule has 2 aliphatic rings. The number of nitrogens with zero attached hydrogens (tertiary/aromatic N) is 3. The van der Waals surface area contributed by atoms with Crippen LogP contribution in [0.4, 0.5) is 0 Å². The number of hydrogen-bond acceptors (Lipinski definition) is 4. The minimum absolute atomic E-state index is 0.152. The zero-order valence-corrected chi connectivity index (χ0v) is 8.89. The van der Waals surface area contributed by atoms with Gasteiger partial charge in [0.2, 0.25) is 0 Å². The molecule has 0 fully saturated rings. The minimum atomic E-state index is -0.665. The second-order valence-electron chi connectivity index (χ2n) is 3.63. The molecule has 0 saturated carbocycles. The van der Waals surface area contributed by atoms with E-state index in [-0.39, 0.29) is 11.5 Å². The molecular formula is C11H7N4O2. The first kappa shape index (κ1) is 9.71. The van der Waals surface area contributed by atoms with Crippen LogP contribution in [-0.4, -0.2) is 19.5 Å². The van der Waals surface area contributed by atoms with Crippen molar-refractivity contribution in [3.05, 3.63) is 45.1 Å². The maximum absolute atomic E-state index is 11.6. The number of aryl methyl sites for hydroxylation is 1. The maximum Gasteiger partial charge on any atom is 0.349 e. The third kappa shape index (κ3) is 1.34. The monoisotopic (exact) mass is 227 g/mol. The lowest BCUT2D eigenvalue weighted by atomic mass is 10.2. The Hall–Kier alpha value is -2.50. The molecule has 6 nitrogen and oxygen atoms in total. The lowest BCUT2D eigenvalue weighted by molar-refractivity contribution is 0.870. The van der Waals surface area contributed by atoms with Crippen LogP contribution in [0.15, 0.2) is 27.8 Å². The van der Waals surface area contributed by atoms with Crippen LogP contribution in [-0.2, 0) is 7.05 Å². The van der Waals surface area contributed by atoms with E-state index in [4.69, 9.17) is 0 Å². The van der Waals surface area contributed by atoms with Gasteiger partial charge in [0, 0.05) is 7.05 Å². The number of benzene rings is 1. The number of fused-ring (bicyclic) bond motifs is 2. The Balaban J connectivity index is 2.64. The molecule has 1 N–H and O–H groups in total. The fraction of sp³-hybridized carbons (Fsp3) is 0.0909. The molecule has 0 aliphatic carbocycles. The van der Waals surface area contributed by atoms with Gasteiger partial charge < -0.3 is 4.57 Å². The summed E-state index contributed by atoms with van der Waals surface area (Å²) in [5.74, 6) is 0.275. The van der Waals surface area contributed by atoms with Crippen molar-refractivity contribution in [2.75, 3.05) is 0 Å². The lowest BCUT2D eigenvalue weighted by Gasteiger charge is -2.11. The lowest BCUT2D eigenvalue weighted by Crippen LogP contribution is -2.28. The molecule has 0 unspecified atom stereocenters. The van der Waals surface area contributed by atoms with E-state index in [1.165, 1.54) is 0 Å². The van der Waals surface area contributed by atoms with Crippen molar-refractivity contribution in [2.45, 2.75) is 0 Å². The Morgan fingerprint density at radius 1 is 1.35 bits per heavy atom. The molecule has 2 aliphatic heterocycles. The van der Waals surface area contributed by atoms with E-state index in [1.54, 1.807) is 29.8 Å². The predicted molar refractivity (Wildman–Crippen MR) is 60.9 cm³/mol. The molecule has 1 aromatic rings. The summed E-state index contributed by atoms with van der Waals surface area (Å²) < 4.78 is 1.67. The Kier molecular flexibility index (Phi) is 1.85. The average Bonchev–Trinajstić information content (AvgIpc) is 2.31. The Morgan fingerprint density at radius 3 is 3.00 bits per heavy atom. The SMILES string of the molecule is Cn1c2nc(=O)[nH]c(=O)c-2nc2c[c]ccc21. The van der Waals surface area contributed by atoms with E-state index < -0.39 is 11.2 Å². The maximum atomic E-state index is 11.6. The summed E-state index contributed by atoms with van der Waals surface area (Å²) in [4.78, 5) is 32.8. The van der Waals surface area contributed by atoms with E-state index in [0.29, 0.717) is 5.52 Å². The molecular weight excluding hydrogens is 220 g/mol. The predicted octanol–water partition coefficient (Wildman–Crippen LogP) is -0.0782. The van der Waals surface area contributed by atoms with E-state index >= 15 is 0 Å². The van der Waals surface area contributed by atoms with Crippen molar-refractivity contribution in [1.82, 2.24) is 19.5 Å².